The Hall–Kier alpha value is -3.67. The van der Waals surface area contributed by atoms with Gasteiger partial charge in [0.1, 0.15) is 0 Å². The summed E-state index contributed by atoms with van der Waals surface area (Å²) >= 11 is 0. The second-order valence-electron chi connectivity index (χ2n) is 10.6. The first-order valence-electron chi connectivity index (χ1n) is 13.6. The zero-order valence-corrected chi connectivity index (χ0v) is 21.1. The number of amides is 3. The molecular weight excluding hydrogens is 462 g/mol. The van der Waals surface area contributed by atoms with Crippen LogP contribution in [0.1, 0.15) is 41.6 Å². The van der Waals surface area contributed by atoms with E-state index >= 15 is 0 Å². The van der Waals surface area contributed by atoms with Crippen LogP contribution in [0, 0.1) is 11.8 Å². The summed E-state index contributed by atoms with van der Waals surface area (Å²) in [6.07, 6.45) is 3.95. The van der Waals surface area contributed by atoms with Crippen LogP contribution < -0.4 is 4.90 Å². The molecule has 3 heterocycles. The Morgan fingerprint density at radius 3 is 2.30 bits per heavy atom. The molecule has 6 heteroatoms. The standard InChI is InChI=1S/C31H33N3O3/c35-29(32-18-14-24(15-19-32)30(36)34-20-16-23-8-2-4-13-28(23)34)25-10-6-17-33(21-25)31(37)27-12-5-9-22-7-1-3-11-26(22)27/h1-5,7-9,11-13,24-25H,6,10,14-21H2. The lowest BCUT2D eigenvalue weighted by Crippen LogP contribution is -2.50. The number of nitrogens with zero attached hydrogens (tertiary/aromatic N) is 3. The van der Waals surface area contributed by atoms with E-state index in [1.807, 2.05) is 75.4 Å². The normalized spacial score (nSPS) is 20.2. The van der Waals surface area contributed by atoms with Crippen LogP contribution in [-0.2, 0) is 16.0 Å². The van der Waals surface area contributed by atoms with Crippen molar-refractivity contribution in [1.82, 2.24) is 9.80 Å². The molecule has 0 aliphatic carbocycles. The van der Waals surface area contributed by atoms with Crippen molar-refractivity contribution >= 4 is 34.2 Å². The maximum Gasteiger partial charge on any atom is 0.254 e. The minimum absolute atomic E-state index is 0.00417. The van der Waals surface area contributed by atoms with Gasteiger partial charge in [0.25, 0.3) is 5.91 Å². The fourth-order valence-electron chi connectivity index (χ4n) is 6.34. The zero-order valence-electron chi connectivity index (χ0n) is 21.1. The molecule has 6 nitrogen and oxygen atoms in total. The highest BCUT2D eigenvalue weighted by molar-refractivity contribution is 6.07. The number of piperidine rings is 2. The molecule has 6 rings (SSSR count). The van der Waals surface area contributed by atoms with E-state index in [0.717, 1.165) is 42.3 Å². The lowest BCUT2D eigenvalue weighted by atomic mass is 9.91. The van der Waals surface area contributed by atoms with Gasteiger partial charge in [-0.05, 0) is 60.6 Å². The monoisotopic (exact) mass is 495 g/mol. The SMILES string of the molecule is O=C(c1cccc2ccccc12)N1CCCC(C(=O)N2CCC(C(=O)N3CCc4ccccc43)CC2)C1. The Bertz CT molecular complexity index is 1340. The number of benzene rings is 3. The highest BCUT2D eigenvalue weighted by atomic mass is 16.2. The van der Waals surface area contributed by atoms with E-state index in [2.05, 4.69) is 6.07 Å². The number of hydrogen-bond acceptors (Lipinski definition) is 3. The minimum atomic E-state index is -0.176. The number of rotatable bonds is 3. The highest BCUT2D eigenvalue weighted by Gasteiger charge is 2.36. The van der Waals surface area contributed by atoms with Crippen LogP contribution in [0.5, 0.6) is 0 Å². The summed E-state index contributed by atoms with van der Waals surface area (Å²) in [4.78, 5) is 45.9. The molecule has 0 saturated carbocycles. The summed E-state index contributed by atoms with van der Waals surface area (Å²) in [5.74, 6) is 0.121. The predicted octanol–water partition coefficient (Wildman–Crippen LogP) is 4.52. The van der Waals surface area contributed by atoms with E-state index < -0.39 is 0 Å². The topological polar surface area (TPSA) is 60.9 Å². The van der Waals surface area contributed by atoms with Gasteiger partial charge in [-0.1, -0.05) is 54.6 Å². The number of anilines is 1. The summed E-state index contributed by atoms with van der Waals surface area (Å²) in [6, 6.07) is 21.9. The first-order chi connectivity index (χ1) is 18.1. The van der Waals surface area contributed by atoms with Crippen LogP contribution in [0.4, 0.5) is 5.69 Å². The number of fused-ring (bicyclic) bond motifs is 2. The van der Waals surface area contributed by atoms with Crippen molar-refractivity contribution in [3.63, 3.8) is 0 Å². The van der Waals surface area contributed by atoms with E-state index in [0.29, 0.717) is 44.6 Å². The second kappa shape index (κ2) is 10.0. The third-order valence-electron chi connectivity index (χ3n) is 8.39. The van der Waals surface area contributed by atoms with E-state index in [-0.39, 0.29) is 29.6 Å². The van der Waals surface area contributed by atoms with Crippen LogP contribution >= 0.6 is 0 Å². The van der Waals surface area contributed by atoms with E-state index in [9.17, 15) is 14.4 Å². The zero-order chi connectivity index (χ0) is 25.4. The first-order valence-corrected chi connectivity index (χ1v) is 13.6. The number of hydrogen-bond donors (Lipinski definition) is 0. The van der Waals surface area contributed by atoms with Gasteiger partial charge in [0.15, 0.2) is 0 Å². The summed E-state index contributed by atoms with van der Waals surface area (Å²) in [5.41, 5.74) is 2.99. The van der Waals surface area contributed by atoms with Crippen LogP contribution in [0.15, 0.2) is 66.7 Å². The molecule has 3 aromatic carbocycles. The van der Waals surface area contributed by atoms with Crippen molar-refractivity contribution in [3.8, 4) is 0 Å². The van der Waals surface area contributed by atoms with Crippen LogP contribution in [0.25, 0.3) is 10.8 Å². The van der Waals surface area contributed by atoms with Crippen LogP contribution in [-0.4, -0.2) is 60.2 Å². The van der Waals surface area contributed by atoms with Crippen LogP contribution in [0.2, 0.25) is 0 Å². The van der Waals surface area contributed by atoms with Gasteiger partial charge in [-0.15, -0.1) is 0 Å². The van der Waals surface area contributed by atoms with Gasteiger partial charge < -0.3 is 14.7 Å². The molecule has 3 aliphatic heterocycles. The molecule has 2 saturated heterocycles. The van der Waals surface area contributed by atoms with Crippen molar-refractivity contribution in [2.75, 3.05) is 37.6 Å². The average Bonchev–Trinajstić information content (AvgIpc) is 3.40. The second-order valence-corrected chi connectivity index (χ2v) is 10.6. The lowest BCUT2D eigenvalue weighted by Gasteiger charge is -2.38. The van der Waals surface area contributed by atoms with Gasteiger partial charge in [-0.25, -0.2) is 0 Å². The Morgan fingerprint density at radius 1 is 0.676 bits per heavy atom. The largest absolute Gasteiger partial charge is 0.342 e. The Morgan fingerprint density at radius 2 is 1.43 bits per heavy atom. The lowest BCUT2D eigenvalue weighted by molar-refractivity contribution is -0.140. The molecule has 1 atom stereocenters. The Labute approximate surface area is 217 Å². The highest BCUT2D eigenvalue weighted by Crippen LogP contribution is 2.32. The van der Waals surface area contributed by atoms with Gasteiger partial charge in [0.05, 0.1) is 5.92 Å². The molecule has 0 bridgehead atoms. The van der Waals surface area contributed by atoms with Crippen molar-refractivity contribution in [1.29, 1.82) is 0 Å². The average molecular weight is 496 g/mol. The van der Waals surface area contributed by atoms with Crippen molar-refractivity contribution in [2.24, 2.45) is 11.8 Å². The molecular formula is C31H33N3O3. The third kappa shape index (κ3) is 4.50. The van der Waals surface area contributed by atoms with Crippen molar-refractivity contribution < 1.29 is 14.4 Å². The predicted molar refractivity (Wildman–Crippen MR) is 144 cm³/mol. The van der Waals surface area contributed by atoms with Gasteiger partial charge in [-0.2, -0.15) is 0 Å². The number of carbonyl (C=O) groups is 3. The first kappa shape index (κ1) is 23.7. The van der Waals surface area contributed by atoms with Gasteiger partial charge in [-0.3, -0.25) is 14.4 Å². The molecule has 0 radical (unpaired) electrons. The smallest absolute Gasteiger partial charge is 0.254 e. The summed E-state index contributed by atoms with van der Waals surface area (Å²) in [5, 5.41) is 2.00. The maximum absolute atomic E-state index is 13.5. The Balaban J connectivity index is 1.07. The number of carbonyl (C=O) groups excluding carboxylic acids is 3. The fourth-order valence-corrected chi connectivity index (χ4v) is 6.34. The molecule has 0 spiro atoms. The molecule has 3 aromatic rings. The molecule has 3 aliphatic rings. The van der Waals surface area contributed by atoms with Crippen molar-refractivity contribution in [2.45, 2.75) is 32.1 Å². The van der Waals surface area contributed by atoms with Gasteiger partial charge in [0, 0.05) is 49.9 Å². The van der Waals surface area contributed by atoms with E-state index in [4.69, 9.17) is 0 Å². The van der Waals surface area contributed by atoms with Gasteiger partial charge >= 0.3 is 0 Å². The fraction of sp³-hybridized carbons (Fsp3) is 0.387. The summed E-state index contributed by atoms with van der Waals surface area (Å²) in [7, 11) is 0. The van der Waals surface area contributed by atoms with Crippen LogP contribution in [0.3, 0.4) is 0 Å². The maximum atomic E-state index is 13.5. The molecule has 3 amide bonds. The molecule has 0 aromatic heterocycles. The molecule has 2 fully saturated rings. The van der Waals surface area contributed by atoms with Gasteiger partial charge in [0.2, 0.25) is 11.8 Å². The molecule has 0 N–H and O–H groups in total. The van der Waals surface area contributed by atoms with E-state index in [1.54, 1.807) is 0 Å². The summed E-state index contributed by atoms with van der Waals surface area (Å²) < 4.78 is 0. The Kier molecular flexibility index (Phi) is 6.41. The van der Waals surface area contributed by atoms with E-state index in [1.165, 1.54) is 5.56 Å². The summed E-state index contributed by atoms with van der Waals surface area (Å²) in [6.45, 7) is 3.11. The van der Waals surface area contributed by atoms with Crippen molar-refractivity contribution in [3.05, 3.63) is 77.9 Å². The molecule has 1 unspecified atom stereocenters. The number of likely N-dealkylation sites (tertiary alicyclic amines) is 2. The molecule has 190 valence electrons. The minimum Gasteiger partial charge on any atom is -0.342 e. The quantitative estimate of drug-likeness (QED) is 0.537. The third-order valence-corrected chi connectivity index (χ3v) is 8.39. The molecule has 37 heavy (non-hydrogen) atoms. The number of para-hydroxylation sites is 1.